The van der Waals surface area contributed by atoms with Crippen LogP contribution in [0.15, 0.2) is 66.9 Å². The minimum atomic E-state index is -0.891. The van der Waals surface area contributed by atoms with Crippen LogP contribution in [0.5, 0.6) is 5.88 Å². The van der Waals surface area contributed by atoms with Gasteiger partial charge in [-0.25, -0.2) is 0 Å². The Morgan fingerprint density at radius 3 is 2.61 bits per heavy atom. The van der Waals surface area contributed by atoms with Crippen LogP contribution in [0.3, 0.4) is 0 Å². The van der Waals surface area contributed by atoms with Gasteiger partial charge in [0, 0.05) is 5.56 Å². The number of nitrogens with zero attached hydrogens (tertiary/aromatic N) is 5. The second-order valence-electron chi connectivity index (χ2n) is 7.23. The van der Waals surface area contributed by atoms with Gasteiger partial charge < -0.3 is 9.84 Å². The first-order valence-electron chi connectivity index (χ1n) is 9.79. The van der Waals surface area contributed by atoms with Crippen LogP contribution < -0.4 is 4.74 Å². The van der Waals surface area contributed by atoms with Gasteiger partial charge in [0.25, 0.3) is 0 Å². The molecule has 31 heavy (non-hydrogen) atoms. The molecule has 0 aliphatic rings. The fraction of sp³-hybridized carbons (Fsp3) is 0.130. The van der Waals surface area contributed by atoms with Crippen LogP contribution >= 0.6 is 0 Å². The van der Waals surface area contributed by atoms with Crippen molar-refractivity contribution < 1.29 is 9.84 Å². The Morgan fingerprint density at radius 2 is 1.87 bits per heavy atom. The Bertz CT molecular complexity index is 1350. The number of rotatable bonds is 5. The number of H-pyrrole nitrogens is 1. The third kappa shape index (κ3) is 3.32. The molecule has 0 bridgehead atoms. The Morgan fingerprint density at radius 1 is 1.03 bits per heavy atom. The van der Waals surface area contributed by atoms with Crippen LogP contribution in [0.4, 0.5) is 0 Å². The van der Waals surface area contributed by atoms with E-state index in [1.165, 1.54) is 0 Å². The van der Waals surface area contributed by atoms with Gasteiger partial charge in [0.15, 0.2) is 0 Å². The van der Waals surface area contributed by atoms with E-state index in [-0.39, 0.29) is 0 Å². The van der Waals surface area contributed by atoms with Crippen molar-refractivity contribution in [3.05, 3.63) is 83.7 Å². The second-order valence-corrected chi connectivity index (χ2v) is 7.23. The van der Waals surface area contributed by atoms with Crippen LogP contribution in [0.2, 0.25) is 0 Å². The second kappa shape index (κ2) is 7.66. The number of aromatic amines is 1. The number of hydrogen-bond acceptors (Lipinski definition) is 6. The lowest BCUT2D eigenvalue weighted by Crippen LogP contribution is -2.07. The lowest BCUT2D eigenvalue weighted by Gasteiger charge is -2.16. The molecule has 0 fully saturated rings. The third-order valence-corrected chi connectivity index (χ3v) is 5.34. The average molecular weight is 412 g/mol. The molecule has 1 unspecified atom stereocenters. The molecule has 0 saturated carbocycles. The van der Waals surface area contributed by atoms with Crippen molar-refractivity contribution in [1.82, 2.24) is 30.0 Å². The van der Waals surface area contributed by atoms with Gasteiger partial charge in [-0.05, 0) is 46.5 Å². The van der Waals surface area contributed by atoms with E-state index >= 15 is 0 Å². The summed E-state index contributed by atoms with van der Waals surface area (Å²) in [5.41, 5.74) is 5.89. The van der Waals surface area contributed by atoms with Gasteiger partial charge in [-0.1, -0.05) is 48.5 Å². The lowest BCUT2D eigenvalue weighted by atomic mass is 9.94. The Balaban J connectivity index is 1.65. The summed E-state index contributed by atoms with van der Waals surface area (Å²) in [6.07, 6.45) is 0.886. The van der Waals surface area contributed by atoms with Crippen molar-refractivity contribution in [3.8, 4) is 28.4 Å². The number of imidazole rings is 1. The van der Waals surface area contributed by atoms with Gasteiger partial charge in [-0.3, -0.25) is 4.40 Å². The molecular formula is C23H20N6O2. The van der Waals surface area contributed by atoms with Crippen molar-refractivity contribution in [1.29, 1.82) is 0 Å². The van der Waals surface area contributed by atoms with Crippen LogP contribution in [0.1, 0.15) is 22.9 Å². The minimum absolute atomic E-state index is 0.464. The Hall–Kier alpha value is -4.04. The molecule has 8 nitrogen and oxygen atoms in total. The van der Waals surface area contributed by atoms with Gasteiger partial charge >= 0.3 is 0 Å². The third-order valence-electron chi connectivity index (χ3n) is 5.34. The molecule has 0 radical (unpaired) electrons. The molecule has 0 saturated heterocycles. The Labute approximate surface area is 178 Å². The van der Waals surface area contributed by atoms with Crippen molar-refractivity contribution in [2.45, 2.75) is 13.0 Å². The molecule has 0 aliphatic carbocycles. The highest BCUT2D eigenvalue weighted by Crippen LogP contribution is 2.34. The molecule has 8 heteroatoms. The minimum Gasteiger partial charge on any atom is -0.480 e. The van der Waals surface area contributed by atoms with E-state index in [1.807, 2.05) is 72.0 Å². The number of aromatic nitrogens is 6. The quantitative estimate of drug-likeness (QED) is 0.458. The predicted octanol–water partition coefficient (Wildman–Crippen LogP) is 3.58. The predicted molar refractivity (Wildman–Crippen MR) is 116 cm³/mol. The molecule has 2 aromatic carbocycles. The first kappa shape index (κ1) is 19.0. The zero-order chi connectivity index (χ0) is 21.4. The maximum atomic E-state index is 11.3. The molecule has 5 rings (SSSR count). The van der Waals surface area contributed by atoms with Gasteiger partial charge in [-0.2, -0.15) is 10.2 Å². The number of aliphatic hydroxyl groups excluding tert-OH is 1. The zero-order valence-electron chi connectivity index (χ0n) is 17.0. The van der Waals surface area contributed by atoms with E-state index < -0.39 is 6.10 Å². The number of pyridine rings is 1. The number of aryl methyl sites for hydroxylation is 1. The Kier molecular flexibility index (Phi) is 4.68. The van der Waals surface area contributed by atoms with E-state index in [9.17, 15) is 5.11 Å². The number of nitrogens with one attached hydrogen (secondary N) is 1. The fourth-order valence-corrected chi connectivity index (χ4v) is 3.75. The summed E-state index contributed by atoms with van der Waals surface area (Å²) < 4.78 is 7.15. The van der Waals surface area contributed by atoms with E-state index in [1.54, 1.807) is 13.3 Å². The normalized spacial score (nSPS) is 12.2. The van der Waals surface area contributed by atoms with E-state index in [4.69, 9.17) is 4.74 Å². The fourth-order valence-electron chi connectivity index (χ4n) is 3.75. The maximum Gasteiger partial charge on any atom is 0.232 e. The molecule has 3 heterocycles. The number of fused-ring (bicyclic) bond motifs is 1. The number of benzene rings is 2. The monoisotopic (exact) mass is 412 g/mol. The smallest absolute Gasteiger partial charge is 0.232 e. The van der Waals surface area contributed by atoms with Crippen LogP contribution in [0, 0.1) is 6.92 Å². The highest BCUT2D eigenvalue weighted by molar-refractivity contribution is 5.81. The van der Waals surface area contributed by atoms with Crippen molar-refractivity contribution >= 4 is 5.65 Å². The number of ether oxygens (including phenoxy) is 1. The topological polar surface area (TPSA) is 101 Å². The highest BCUT2D eigenvalue weighted by Gasteiger charge is 2.20. The molecule has 154 valence electrons. The van der Waals surface area contributed by atoms with Crippen molar-refractivity contribution in [2.75, 3.05) is 7.11 Å². The standard InChI is InChI=1S/C23H20N6O2/c1-14-8-11-19(29-13-20(31-2)24-23(14)29)21(30)16-9-10-17(15-6-4-3-5-7-15)18(12-16)22-25-27-28-26-22/h3-13,21,30H,1-2H3,(H,25,26,27,28). The first-order valence-corrected chi connectivity index (χ1v) is 9.79. The summed E-state index contributed by atoms with van der Waals surface area (Å²) in [5, 5.41) is 25.8. The zero-order valence-corrected chi connectivity index (χ0v) is 17.0. The van der Waals surface area contributed by atoms with Crippen molar-refractivity contribution in [3.63, 3.8) is 0 Å². The average Bonchev–Trinajstić information content (AvgIpc) is 3.50. The molecule has 5 aromatic rings. The summed E-state index contributed by atoms with van der Waals surface area (Å²) in [5.74, 6) is 0.959. The summed E-state index contributed by atoms with van der Waals surface area (Å²) in [7, 11) is 1.58. The number of tetrazole rings is 1. The van der Waals surface area contributed by atoms with E-state index in [2.05, 4.69) is 25.6 Å². The van der Waals surface area contributed by atoms with Gasteiger partial charge in [0.1, 0.15) is 11.8 Å². The summed E-state index contributed by atoms with van der Waals surface area (Å²) in [6, 6.07) is 19.6. The van der Waals surface area contributed by atoms with Crippen LogP contribution in [-0.4, -0.2) is 42.2 Å². The summed E-state index contributed by atoms with van der Waals surface area (Å²) >= 11 is 0. The molecule has 3 aromatic heterocycles. The van der Waals surface area contributed by atoms with Gasteiger partial charge in [0.05, 0.1) is 19.0 Å². The largest absolute Gasteiger partial charge is 0.480 e. The molecule has 0 spiro atoms. The maximum absolute atomic E-state index is 11.3. The van der Waals surface area contributed by atoms with Crippen LogP contribution in [0.25, 0.3) is 28.2 Å². The van der Waals surface area contributed by atoms with Crippen molar-refractivity contribution in [2.24, 2.45) is 0 Å². The highest BCUT2D eigenvalue weighted by atomic mass is 16.5. The molecule has 2 N–H and O–H groups in total. The molecular weight excluding hydrogens is 392 g/mol. The molecule has 0 amide bonds. The number of methoxy groups -OCH3 is 1. The first-order chi connectivity index (χ1) is 15.2. The summed E-state index contributed by atoms with van der Waals surface area (Å²) in [4.78, 5) is 4.48. The van der Waals surface area contributed by atoms with Gasteiger partial charge in [-0.15, -0.1) is 10.2 Å². The summed E-state index contributed by atoms with van der Waals surface area (Å²) in [6.45, 7) is 1.97. The van der Waals surface area contributed by atoms with E-state index in [0.29, 0.717) is 23.0 Å². The number of hydrogen-bond donors (Lipinski definition) is 2. The van der Waals surface area contributed by atoms with Crippen LogP contribution in [-0.2, 0) is 0 Å². The van der Waals surface area contributed by atoms with Gasteiger partial charge in [0.2, 0.25) is 11.7 Å². The number of aliphatic hydroxyl groups is 1. The molecule has 1 atom stereocenters. The van der Waals surface area contributed by atoms with E-state index in [0.717, 1.165) is 27.9 Å². The molecule has 0 aliphatic heterocycles. The lowest BCUT2D eigenvalue weighted by molar-refractivity contribution is 0.214. The SMILES string of the molecule is COc1cn2c(C(O)c3ccc(-c4ccccc4)c(-c4nn[nH]n4)c3)ccc(C)c2n1.